The normalized spacial score (nSPS) is 28.1. The molecule has 1 aromatic heterocycles. The molecule has 0 unspecified atom stereocenters. The number of hydrogen-bond donors (Lipinski definition) is 2. The molecule has 3 fully saturated rings. The van der Waals surface area contributed by atoms with Crippen LogP contribution in [0.25, 0.3) is 10.9 Å². The molecule has 8 nitrogen and oxygen atoms in total. The number of carbonyl (C=O) groups excluding carboxylic acids is 3. The van der Waals surface area contributed by atoms with Crippen LogP contribution in [0.4, 0.5) is 13.2 Å². The molecule has 36 heavy (non-hydrogen) atoms. The van der Waals surface area contributed by atoms with Crippen molar-refractivity contribution in [2.45, 2.75) is 49.6 Å². The third-order valence-corrected chi connectivity index (χ3v) is 7.47. The Morgan fingerprint density at radius 1 is 1.11 bits per heavy atom. The Morgan fingerprint density at radius 2 is 1.83 bits per heavy atom. The Balaban J connectivity index is 1.21. The highest BCUT2D eigenvalue weighted by Crippen LogP contribution is 2.51. The zero-order chi connectivity index (χ0) is 25.4. The zero-order valence-corrected chi connectivity index (χ0v) is 19.0. The van der Waals surface area contributed by atoms with Gasteiger partial charge >= 0.3 is 0 Å². The lowest BCUT2D eigenvalue weighted by Crippen LogP contribution is -2.50. The SMILES string of the molecule is NC(=O)c1nn(CC(=O)N2[C@@H]3C[C@@H]3C[C@H]2C(=O)N[C@@H]2C[C@@]2(F)c2ccccc2)c2cc(F)c(F)cc12. The van der Waals surface area contributed by atoms with Gasteiger partial charge in [-0.1, -0.05) is 30.3 Å². The molecule has 6 rings (SSSR count). The van der Waals surface area contributed by atoms with Gasteiger partial charge in [-0.05, 0) is 30.4 Å². The highest BCUT2D eigenvalue weighted by atomic mass is 19.2. The second kappa shape index (κ2) is 7.81. The molecule has 0 bridgehead atoms. The van der Waals surface area contributed by atoms with Crippen LogP contribution < -0.4 is 11.1 Å². The van der Waals surface area contributed by atoms with E-state index in [1.54, 1.807) is 30.3 Å². The first-order valence-electron chi connectivity index (χ1n) is 11.7. The molecule has 3 amide bonds. The van der Waals surface area contributed by atoms with Gasteiger partial charge in [0.25, 0.3) is 5.91 Å². The monoisotopic (exact) mass is 497 g/mol. The number of benzene rings is 2. The van der Waals surface area contributed by atoms with Crippen molar-refractivity contribution in [2.75, 3.05) is 0 Å². The molecule has 0 spiro atoms. The van der Waals surface area contributed by atoms with E-state index in [1.807, 2.05) is 0 Å². The number of fused-ring (bicyclic) bond motifs is 2. The summed E-state index contributed by atoms with van der Waals surface area (Å²) in [5.41, 5.74) is 3.94. The van der Waals surface area contributed by atoms with Gasteiger partial charge in [-0.15, -0.1) is 0 Å². The van der Waals surface area contributed by atoms with Crippen molar-refractivity contribution >= 4 is 28.6 Å². The number of aromatic nitrogens is 2. The number of primary amides is 1. The van der Waals surface area contributed by atoms with Crippen molar-refractivity contribution in [3.05, 3.63) is 65.4 Å². The fraction of sp³-hybridized carbons (Fsp3) is 0.360. The van der Waals surface area contributed by atoms with Gasteiger partial charge in [0, 0.05) is 23.9 Å². The molecule has 186 valence electrons. The van der Waals surface area contributed by atoms with Crippen molar-refractivity contribution in [1.29, 1.82) is 0 Å². The minimum absolute atomic E-state index is 0.0110. The smallest absolute Gasteiger partial charge is 0.269 e. The van der Waals surface area contributed by atoms with E-state index in [2.05, 4.69) is 10.4 Å². The predicted molar refractivity (Wildman–Crippen MR) is 121 cm³/mol. The molecular weight excluding hydrogens is 475 g/mol. The summed E-state index contributed by atoms with van der Waals surface area (Å²) < 4.78 is 44.0. The topological polar surface area (TPSA) is 110 Å². The highest BCUT2D eigenvalue weighted by Gasteiger charge is 2.60. The van der Waals surface area contributed by atoms with Gasteiger partial charge in [0.1, 0.15) is 12.6 Å². The van der Waals surface area contributed by atoms with E-state index >= 15 is 4.39 Å². The molecule has 11 heteroatoms. The summed E-state index contributed by atoms with van der Waals surface area (Å²) in [7, 11) is 0. The third-order valence-electron chi connectivity index (χ3n) is 7.47. The first-order valence-corrected chi connectivity index (χ1v) is 11.7. The average molecular weight is 497 g/mol. The van der Waals surface area contributed by atoms with Crippen LogP contribution in [0.2, 0.25) is 0 Å². The molecule has 3 aromatic rings. The maximum Gasteiger partial charge on any atom is 0.269 e. The maximum atomic E-state index is 15.2. The maximum absolute atomic E-state index is 15.2. The van der Waals surface area contributed by atoms with Crippen LogP contribution in [0.15, 0.2) is 42.5 Å². The molecule has 1 aliphatic heterocycles. The van der Waals surface area contributed by atoms with Crippen LogP contribution in [-0.2, 0) is 21.8 Å². The molecule has 3 aliphatic rings. The van der Waals surface area contributed by atoms with Crippen LogP contribution in [0.1, 0.15) is 35.3 Å². The fourth-order valence-electron chi connectivity index (χ4n) is 5.44. The molecule has 0 radical (unpaired) electrons. The fourth-order valence-corrected chi connectivity index (χ4v) is 5.44. The lowest BCUT2D eigenvalue weighted by atomic mass is 10.1. The van der Waals surface area contributed by atoms with Gasteiger partial charge in [-0.2, -0.15) is 5.10 Å². The van der Waals surface area contributed by atoms with E-state index in [9.17, 15) is 23.2 Å². The number of likely N-dealkylation sites (tertiary alicyclic amines) is 1. The van der Waals surface area contributed by atoms with Crippen molar-refractivity contribution in [2.24, 2.45) is 11.7 Å². The zero-order valence-electron chi connectivity index (χ0n) is 19.0. The number of amides is 3. The van der Waals surface area contributed by atoms with E-state index in [4.69, 9.17) is 5.73 Å². The Labute approximate surface area is 203 Å². The lowest BCUT2D eigenvalue weighted by molar-refractivity contribution is -0.140. The Kier molecular flexibility index (Phi) is 4.89. The van der Waals surface area contributed by atoms with Crippen LogP contribution in [-0.4, -0.2) is 50.5 Å². The second-order valence-corrected chi connectivity index (χ2v) is 9.76. The number of nitrogens with two attached hydrogens (primary N) is 1. The van der Waals surface area contributed by atoms with Gasteiger partial charge in [-0.3, -0.25) is 19.1 Å². The molecule has 3 N–H and O–H groups in total. The lowest BCUT2D eigenvalue weighted by Gasteiger charge is -2.27. The van der Waals surface area contributed by atoms with Gasteiger partial charge in [0.05, 0.1) is 11.6 Å². The third kappa shape index (κ3) is 3.52. The van der Waals surface area contributed by atoms with Crippen molar-refractivity contribution in [3.63, 3.8) is 0 Å². The second-order valence-electron chi connectivity index (χ2n) is 9.76. The molecule has 2 aromatic carbocycles. The summed E-state index contributed by atoms with van der Waals surface area (Å²) in [4.78, 5) is 39.7. The van der Waals surface area contributed by atoms with Gasteiger partial charge in [0.2, 0.25) is 11.8 Å². The number of nitrogens with one attached hydrogen (secondary N) is 1. The number of carbonyl (C=O) groups is 3. The number of rotatable bonds is 6. The van der Waals surface area contributed by atoms with E-state index in [1.165, 1.54) is 4.90 Å². The summed E-state index contributed by atoms with van der Waals surface area (Å²) in [5, 5.41) is 6.76. The van der Waals surface area contributed by atoms with Gasteiger partial charge < -0.3 is 16.0 Å². The summed E-state index contributed by atoms with van der Waals surface area (Å²) in [6, 6.07) is 8.72. The van der Waals surface area contributed by atoms with Crippen LogP contribution >= 0.6 is 0 Å². The first-order chi connectivity index (χ1) is 17.2. The number of alkyl halides is 1. The minimum Gasteiger partial charge on any atom is -0.364 e. The average Bonchev–Trinajstić information content (AvgIpc) is 3.67. The van der Waals surface area contributed by atoms with Crippen molar-refractivity contribution in [1.82, 2.24) is 20.0 Å². The summed E-state index contributed by atoms with van der Waals surface area (Å²) >= 11 is 0. The van der Waals surface area contributed by atoms with E-state index in [0.717, 1.165) is 23.2 Å². The number of hydrogen-bond acceptors (Lipinski definition) is 4. The van der Waals surface area contributed by atoms with Gasteiger partial charge in [-0.25, -0.2) is 13.2 Å². The molecule has 2 aliphatic carbocycles. The molecule has 2 heterocycles. The van der Waals surface area contributed by atoms with Crippen molar-refractivity contribution < 1.29 is 27.6 Å². The summed E-state index contributed by atoms with van der Waals surface area (Å²) in [6.07, 6.45) is 1.38. The van der Waals surface area contributed by atoms with E-state index in [0.29, 0.717) is 12.0 Å². The molecule has 1 saturated heterocycles. The summed E-state index contributed by atoms with van der Waals surface area (Å²) in [6.45, 7) is -0.400. The van der Waals surface area contributed by atoms with Crippen molar-refractivity contribution in [3.8, 4) is 0 Å². The largest absolute Gasteiger partial charge is 0.364 e. The van der Waals surface area contributed by atoms with E-state index < -0.39 is 53.7 Å². The van der Waals surface area contributed by atoms with Crippen LogP contribution in [0.5, 0.6) is 0 Å². The predicted octanol–water partition coefficient (Wildman–Crippen LogP) is 2.16. The Bertz CT molecular complexity index is 1430. The Hall–Kier alpha value is -3.89. The highest BCUT2D eigenvalue weighted by molar-refractivity contribution is 6.04. The number of piperidine rings is 1. The van der Waals surface area contributed by atoms with Crippen LogP contribution in [0, 0.1) is 17.6 Å². The van der Waals surface area contributed by atoms with E-state index in [-0.39, 0.29) is 35.0 Å². The molecule has 2 saturated carbocycles. The molecule has 5 atom stereocenters. The van der Waals surface area contributed by atoms with Crippen LogP contribution in [0.3, 0.4) is 0 Å². The number of nitrogens with zero attached hydrogens (tertiary/aromatic N) is 3. The Morgan fingerprint density at radius 3 is 2.56 bits per heavy atom. The molecular formula is C25H22F3N5O3. The minimum atomic E-state index is -1.63. The first kappa shape index (κ1) is 22.6. The quantitative estimate of drug-likeness (QED) is 0.544. The standard InChI is InChI=1S/C25H22F3N5O3/c26-15-8-14-18(9-16(15)27)32(31-22(14)23(29)35)11-21(34)33-17-6-12(17)7-19(33)24(36)30-20-10-25(20,28)13-4-2-1-3-5-13/h1-5,8-9,12,17,19-20H,6-7,10-11H2,(H2,29,35)(H,30,36)/t12-,17-,19+,20-,25-/m1/s1. The summed E-state index contributed by atoms with van der Waals surface area (Å²) in [5.74, 6) is -3.99. The van der Waals surface area contributed by atoms with Gasteiger partial charge in [0.15, 0.2) is 23.0 Å². The number of halogens is 3.